The van der Waals surface area contributed by atoms with Crippen LogP contribution in [0.4, 0.5) is 0 Å². The minimum absolute atomic E-state index is 0.171. The summed E-state index contributed by atoms with van der Waals surface area (Å²) in [5.41, 5.74) is 1.80. The van der Waals surface area contributed by atoms with E-state index in [0.29, 0.717) is 9.81 Å². The fourth-order valence-corrected chi connectivity index (χ4v) is 4.57. The number of allylic oxidation sites excluding steroid dienone is 2. The first-order valence-electron chi connectivity index (χ1n) is 8.80. The molecule has 0 radical (unpaired) electrons. The summed E-state index contributed by atoms with van der Waals surface area (Å²) in [4.78, 5) is 51.1. The quantitative estimate of drug-likeness (QED) is 0.435. The second-order valence-corrected chi connectivity index (χ2v) is 8.36. The first-order valence-corrected chi connectivity index (χ1v) is 10.0. The van der Waals surface area contributed by atoms with Crippen molar-refractivity contribution in [1.82, 2.24) is 9.80 Å². The maximum Gasteiger partial charge on any atom is 0.326 e. The van der Waals surface area contributed by atoms with Crippen molar-refractivity contribution in [2.75, 3.05) is 0 Å². The molecule has 3 amide bonds. The SMILES string of the molecule is CC(/C=C1\SC(=S)N(C2CC(=O)N(C(C)C(=O)O)C2=O)C1=O)=C\c1ccccc1. The average molecular weight is 431 g/mol. The molecular weight excluding hydrogens is 412 g/mol. The fourth-order valence-electron chi connectivity index (χ4n) is 3.16. The molecule has 2 saturated heterocycles. The first-order chi connectivity index (χ1) is 13.7. The third-order valence-corrected chi connectivity index (χ3v) is 5.92. The van der Waals surface area contributed by atoms with E-state index >= 15 is 0 Å². The molecule has 1 N–H and O–H groups in total. The van der Waals surface area contributed by atoms with Gasteiger partial charge in [0.15, 0.2) is 0 Å². The van der Waals surface area contributed by atoms with Gasteiger partial charge < -0.3 is 5.11 Å². The molecule has 1 aromatic carbocycles. The molecule has 29 heavy (non-hydrogen) atoms. The summed E-state index contributed by atoms with van der Waals surface area (Å²) in [6.45, 7) is 3.10. The molecule has 0 spiro atoms. The van der Waals surface area contributed by atoms with Gasteiger partial charge in [0.25, 0.3) is 11.8 Å². The number of carboxylic acid groups (broad SMARTS) is 1. The molecule has 0 aliphatic carbocycles. The largest absolute Gasteiger partial charge is 0.480 e. The van der Waals surface area contributed by atoms with E-state index in [2.05, 4.69) is 0 Å². The van der Waals surface area contributed by atoms with Crippen LogP contribution in [0.2, 0.25) is 0 Å². The second-order valence-electron chi connectivity index (χ2n) is 6.69. The Morgan fingerprint density at radius 2 is 1.93 bits per heavy atom. The highest BCUT2D eigenvalue weighted by molar-refractivity contribution is 8.26. The highest BCUT2D eigenvalue weighted by Gasteiger charge is 2.50. The van der Waals surface area contributed by atoms with Crippen molar-refractivity contribution in [3.63, 3.8) is 0 Å². The third kappa shape index (κ3) is 4.15. The van der Waals surface area contributed by atoms with Crippen molar-refractivity contribution >= 4 is 58.1 Å². The first kappa shape index (κ1) is 20.9. The molecule has 2 atom stereocenters. The highest BCUT2D eigenvalue weighted by atomic mass is 32.2. The molecule has 2 aliphatic rings. The maximum absolute atomic E-state index is 12.9. The molecule has 2 unspecified atom stereocenters. The fraction of sp³-hybridized carbons (Fsp3) is 0.250. The van der Waals surface area contributed by atoms with Gasteiger partial charge in [-0.1, -0.05) is 60.4 Å². The minimum atomic E-state index is -1.30. The maximum atomic E-state index is 12.9. The Kier molecular flexibility index (Phi) is 5.99. The average Bonchev–Trinajstić information content (AvgIpc) is 3.09. The van der Waals surface area contributed by atoms with E-state index in [0.717, 1.165) is 27.8 Å². The summed E-state index contributed by atoms with van der Waals surface area (Å²) in [5, 5.41) is 9.12. The van der Waals surface area contributed by atoms with Gasteiger partial charge in [-0.25, -0.2) is 4.79 Å². The van der Waals surface area contributed by atoms with E-state index < -0.39 is 35.8 Å². The lowest BCUT2D eigenvalue weighted by atomic mass is 10.1. The number of thiocarbonyl (C=S) groups is 1. The summed E-state index contributed by atoms with van der Waals surface area (Å²) in [5.74, 6) is -3.11. The summed E-state index contributed by atoms with van der Waals surface area (Å²) in [7, 11) is 0. The molecule has 2 aliphatic heterocycles. The highest BCUT2D eigenvalue weighted by Crippen LogP contribution is 2.36. The number of benzene rings is 1. The van der Waals surface area contributed by atoms with Gasteiger partial charge in [0.05, 0.1) is 11.3 Å². The molecule has 3 rings (SSSR count). The van der Waals surface area contributed by atoms with E-state index in [9.17, 15) is 19.2 Å². The lowest BCUT2D eigenvalue weighted by Gasteiger charge is -2.23. The number of nitrogens with zero attached hydrogens (tertiary/aromatic N) is 2. The second kappa shape index (κ2) is 8.30. The molecule has 0 saturated carbocycles. The number of amides is 3. The predicted molar refractivity (Wildman–Crippen MR) is 113 cm³/mol. The van der Waals surface area contributed by atoms with Crippen molar-refractivity contribution in [3.05, 3.63) is 52.4 Å². The number of rotatable bonds is 5. The lowest BCUT2D eigenvalue weighted by molar-refractivity contribution is -0.154. The Balaban J connectivity index is 1.82. The summed E-state index contributed by atoms with van der Waals surface area (Å²) in [6, 6.07) is 7.18. The molecular formula is C20H18N2O5S2. The zero-order valence-corrected chi connectivity index (χ0v) is 17.3. The van der Waals surface area contributed by atoms with Gasteiger partial charge in [0.2, 0.25) is 5.91 Å². The van der Waals surface area contributed by atoms with Gasteiger partial charge >= 0.3 is 5.97 Å². The third-order valence-electron chi connectivity index (χ3n) is 4.59. The van der Waals surface area contributed by atoms with E-state index in [1.54, 1.807) is 6.08 Å². The molecule has 7 nitrogen and oxygen atoms in total. The zero-order chi connectivity index (χ0) is 21.3. The molecule has 1 aromatic rings. The molecule has 2 fully saturated rings. The number of carboxylic acids is 1. The summed E-state index contributed by atoms with van der Waals surface area (Å²) >= 11 is 6.33. The number of carbonyl (C=O) groups is 4. The Labute approximate surface area is 177 Å². The van der Waals surface area contributed by atoms with Crippen molar-refractivity contribution in [2.24, 2.45) is 0 Å². The Hall–Kier alpha value is -2.78. The molecule has 9 heteroatoms. The number of carbonyl (C=O) groups excluding carboxylic acids is 3. The van der Waals surface area contributed by atoms with Crippen LogP contribution in [0.25, 0.3) is 6.08 Å². The lowest BCUT2D eigenvalue weighted by Crippen LogP contribution is -2.48. The Bertz CT molecular complexity index is 970. The predicted octanol–water partition coefficient (Wildman–Crippen LogP) is 2.43. The standard InChI is InChI=1S/C20H18N2O5S2/c1-11(8-13-6-4-3-5-7-13)9-15-18(25)22(20(28)29-15)14-10-16(23)21(17(14)24)12(2)19(26)27/h3-9,12,14H,10H2,1-2H3,(H,26,27)/b11-8+,15-9-. The summed E-state index contributed by atoms with van der Waals surface area (Å²) < 4.78 is 0.171. The molecule has 0 bridgehead atoms. The molecule has 150 valence electrons. The summed E-state index contributed by atoms with van der Waals surface area (Å²) in [6.07, 6.45) is 3.31. The van der Waals surface area contributed by atoms with Crippen LogP contribution in [0.5, 0.6) is 0 Å². The van der Waals surface area contributed by atoms with Crippen LogP contribution in [0, 0.1) is 0 Å². The number of thioether (sulfide) groups is 1. The minimum Gasteiger partial charge on any atom is -0.480 e. The number of hydrogen-bond donors (Lipinski definition) is 1. The van der Waals surface area contributed by atoms with Crippen LogP contribution in [-0.4, -0.2) is 55.0 Å². The van der Waals surface area contributed by atoms with E-state index in [1.807, 2.05) is 43.3 Å². The van der Waals surface area contributed by atoms with Crippen LogP contribution >= 0.6 is 24.0 Å². The van der Waals surface area contributed by atoms with Crippen LogP contribution < -0.4 is 0 Å². The Morgan fingerprint density at radius 1 is 1.28 bits per heavy atom. The van der Waals surface area contributed by atoms with Gasteiger partial charge in [-0.2, -0.15) is 0 Å². The van der Waals surface area contributed by atoms with Crippen molar-refractivity contribution < 1.29 is 24.3 Å². The molecule has 2 heterocycles. The monoisotopic (exact) mass is 430 g/mol. The van der Waals surface area contributed by atoms with E-state index in [-0.39, 0.29) is 10.7 Å². The topological polar surface area (TPSA) is 95.0 Å². The van der Waals surface area contributed by atoms with Gasteiger partial charge in [0.1, 0.15) is 16.4 Å². The van der Waals surface area contributed by atoms with Crippen LogP contribution in [0.1, 0.15) is 25.8 Å². The number of imide groups is 1. The van der Waals surface area contributed by atoms with Gasteiger partial charge in [-0.05, 0) is 31.1 Å². The molecule has 0 aromatic heterocycles. The zero-order valence-electron chi connectivity index (χ0n) is 15.7. The Morgan fingerprint density at radius 3 is 2.55 bits per heavy atom. The van der Waals surface area contributed by atoms with Gasteiger partial charge in [-0.15, -0.1) is 0 Å². The van der Waals surface area contributed by atoms with Gasteiger partial charge in [-0.3, -0.25) is 24.2 Å². The van der Waals surface area contributed by atoms with Crippen molar-refractivity contribution in [1.29, 1.82) is 0 Å². The van der Waals surface area contributed by atoms with E-state index in [1.165, 1.54) is 6.92 Å². The number of hydrogen-bond acceptors (Lipinski definition) is 6. The van der Waals surface area contributed by atoms with Crippen molar-refractivity contribution in [3.8, 4) is 0 Å². The normalized spacial score (nSPS) is 22.8. The number of likely N-dealkylation sites (tertiary alicyclic amines) is 1. The van der Waals surface area contributed by atoms with Crippen molar-refractivity contribution in [2.45, 2.75) is 32.4 Å². The van der Waals surface area contributed by atoms with E-state index in [4.69, 9.17) is 17.3 Å². The van der Waals surface area contributed by atoms with Gasteiger partial charge in [0, 0.05) is 0 Å². The smallest absolute Gasteiger partial charge is 0.326 e. The van der Waals surface area contributed by atoms with Crippen LogP contribution in [0.3, 0.4) is 0 Å². The van der Waals surface area contributed by atoms with Crippen LogP contribution in [-0.2, 0) is 19.2 Å². The van der Waals surface area contributed by atoms with Crippen LogP contribution in [0.15, 0.2) is 46.9 Å². The number of aliphatic carboxylic acids is 1.